The number of nitrogens with zero attached hydrogens (tertiary/aromatic N) is 2. The van der Waals surface area contributed by atoms with Crippen LogP contribution in [0.3, 0.4) is 0 Å². The molecule has 25 heavy (non-hydrogen) atoms. The fourth-order valence-electron chi connectivity index (χ4n) is 3.15. The summed E-state index contributed by atoms with van der Waals surface area (Å²) in [6.45, 7) is 5.40. The fourth-order valence-corrected chi connectivity index (χ4v) is 4.84. The Kier molecular flexibility index (Phi) is 6.40. The third-order valence-electron chi connectivity index (χ3n) is 4.55. The molecule has 1 amide bonds. The molecule has 6 nitrogen and oxygen atoms in total. The second-order valence-electron chi connectivity index (χ2n) is 6.01. The second kappa shape index (κ2) is 8.14. The highest BCUT2D eigenvalue weighted by Crippen LogP contribution is 2.30. The average Bonchev–Trinajstić information content (AvgIpc) is 2.62. The molecule has 0 N–H and O–H groups in total. The maximum absolute atomic E-state index is 13.6. The number of methoxy groups -OCH3 is 1. The Hall–Kier alpha value is -1.67. The number of hydrogen-bond acceptors (Lipinski definition) is 4. The monoisotopic (exact) mass is 372 g/mol. The van der Waals surface area contributed by atoms with Gasteiger partial charge in [0.05, 0.1) is 13.0 Å². The van der Waals surface area contributed by atoms with Gasteiger partial charge in [0.1, 0.15) is 16.5 Å². The van der Waals surface area contributed by atoms with Crippen LogP contribution in [0.15, 0.2) is 23.1 Å². The molecular formula is C17H25FN2O4S. The molecule has 1 aromatic carbocycles. The number of carbonyl (C=O) groups excluding carboxylic acids is 1. The van der Waals surface area contributed by atoms with Gasteiger partial charge in [-0.1, -0.05) is 0 Å². The van der Waals surface area contributed by atoms with Gasteiger partial charge in [-0.25, -0.2) is 12.8 Å². The minimum atomic E-state index is -3.94. The van der Waals surface area contributed by atoms with Gasteiger partial charge in [-0.15, -0.1) is 0 Å². The van der Waals surface area contributed by atoms with Crippen LogP contribution in [-0.2, 0) is 14.8 Å². The number of halogens is 1. The van der Waals surface area contributed by atoms with Crippen molar-refractivity contribution in [1.82, 2.24) is 9.21 Å². The predicted molar refractivity (Wildman–Crippen MR) is 92.4 cm³/mol. The van der Waals surface area contributed by atoms with Crippen LogP contribution < -0.4 is 4.74 Å². The Bertz CT molecular complexity index is 719. The van der Waals surface area contributed by atoms with Crippen molar-refractivity contribution in [2.45, 2.75) is 31.6 Å². The highest BCUT2D eigenvalue weighted by atomic mass is 32.2. The van der Waals surface area contributed by atoms with E-state index < -0.39 is 15.8 Å². The highest BCUT2D eigenvalue weighted by Gasteiger charge is 2.36. The molecule has 0 aliphatic carbocycles. The topological polar surface area (TPSA) is 66.9 Å². The molecular weight excluding hydrogens is 347 g/mol. The minimum absolute atomic E-state index is 0.0314. The summed E-state index contributed by atoms with van der Waals surface area (Å²) < 4.78 is 45.8. The normalized spacial score (nSPS) is 18.8. The lowest BCUT2D eigenvalue weighted by Crippen LogP contribution is -2.46. The van der Waals surface area contributed by atoms with Crippen LogP contribution in [0.1, 0.15) is 26.7 Å². The fraction of sp³-hybridized carbons (Fsp3) is 0.588. The zero-order valence-corrected chi connectivity index (χ0v) is 15.7. The van der Waals surface area contributed by atoms with Gasteiger partial charge in [0.15, 0.2) is 0 Å². The van der Waals surface area contributed by atoms with E-state index in [1.807, 2.05) is 13.8 Å². The molecule has 0 spiro atoms. The zero-order chi connectivity index (χ0) is 18.6. The van der Waals surface area contributed by atoms with Gasteiger partial charge in [0.25, 0.3) is 0 Å². The predicted octanol–water partition coefficient (Wildman–Crippen LogP) is 2.10. The summed E-state index contributed by atoms with van der Waals surface area (Å²) in [5, 5.41) is 0. The van der Waals surface area contributed by atoms with E-state index in [4.69, 9.17) is 4.74 Å². The molecule has 0 saturated carbocycles. The van der Waals surface area contributed by atoms with Crippen molar-refractivity contribution in [2.75, 3.05) is 33.3 Å². The van der Waals surface area contributed by atoms with Crippen molar-refractivity contribution >= 4 is 15.9 Å². The Morgan fingerprint density at radius 1 is 1.36 bits per heavy atom. The van der Waals surface area contributed by atoms with Crippen molar-refractivity contribution in [1.29, 1.82) is 0 Å². The quantitative estimate of drug-likeness (QED) is 0.767. The van der Waals surface area contributed by atoms with Gasteiger partial charge in [-0.2, -0.15) is 4.31 Å². The lowest BCUT2D eigenvalue weighted by Gasteiger charge is -2.34. The summed E-state index contributed by atoms with van der Waals surface area (Å²) in [7, 11) is -2.59. The highest BCUT2D eigenvalue weighted by molar-refractivity contribution is 7.89. The van der Waals surface area contributed by atoms with Crippen molar-refractivity contribution in [2.24, 2.45) is 5.92 Å². The number of rotatable bonds is 6. The van der Waals surface area contributed by atoms with E-state index in [-0.39, 0.29) is 29.0 Å². The molecule has 140 valence electrons. The zero-order valence-electron chi connectivity index (χ0n) is 14.9. The van der Waals surface area contributed by atoms with E-state index in [0.29, 0.717) is 32.5 Å². The summed E-state index contributed by atoms with van der Waals surface area (Å²) in [5.74, 6) is -0.954. The van der Waals surface area contributed by atoms with Crippen LogP contribution >= 0.6 is 0 Å². The smallest absolute Gasteiger partial charge is 0.246 e. The number of piperidine rings is 1. The van der Waals surface area contributed by atoms with Crippen LogP contribution in [0.2, 0.25) is 0 Å². The number of benzene rings is 1. The standard InChI is InChI=1S/C17H25FN2O4S/c1-4-19(5-2)17(21)13-7-6-10-20(12-13)25(22,23)16-11-14(18)8-9-15(16)24-3/h8-9,11,13H,4-7,10,12H2,1-3H3/t13-/m1/s1. The van der Waals surface area contributed by atoms with E-state index in [1.165, 1.54) is 17.5 Å². The molecule has 1 aromatic rings. The van der Waals surface area contributed by atoms with E-state index in [2.05, 4.69) is 0 Å². The molecule has 1 aliphatic heterocycles. The lowest BCUT2D eigenvalue weighted by atomic mass is 9.98. The van der Waals surface area contributed by atoms with Gasteiger partial charge < -0.3 is 9.64 Å². The number of ether oxygens (including phenoxy) is 1. The van der Waals surface area contributed by atoms with E-state index in [1.54, 1.807) is 4.90 Å². The summed E-state index contributed by atoms with van der Waals surface area (Å²) in [4.78, 5) is 14.1. The number of amides is 1. The van der Waals surface area contributed by atoms with Crippen LogP contribution in [0.5, 0.6) is 5.75 Å². The third-order valence-corrected chi connectivity index (χ3v) is 6.44. The van der Waals surface area contributed by atoms with Crippen molar-refractivity contribution in [3.63, 3.8) is 0 Å². The molecule has 8 heteroatoms. The molecule has 1 saturated heterocycles. The van der Waals surface area contributed by atoms with E-state index in [9.17, 15) is 17.6 Å². The largest absolute Gasteiger partial charge is 0.495 e. The van der Waals surface area contributed by atoms with E-state index >= 15 is 0 Å². The third kappa shape index (κ3) is 4.12. The number of carbonyl (C=O) groups is 1. The Morgan fingerprint density at radius 3 is 2.64 bits per heavy atom. The van der Waals surface area contributed by atoms with Gasteiger partial charge in [0, 0.05) is 26.2 Å². The van der Waals surface area contributed by atoms with Crippen LogP contribution in [0.25, 0.3) is 0 Å². The molecule has 0 bridgehead atoms. The summed E-state index contributed by atoms with van der Waals surface area (Å²) in [6, 6.07) is 3.41. The van der Waals surface area contributed by atoms with Crippen LogP contribution in [0.4, 0.5) is 4.39 Å². The first-order valence-corrected chi connectivity index (χ1v) is 9.91. The molecule has 1 fully saturated rings. The lowest BCUT2D eigenvalue weighted by molar-refractivity contribution is -0.136. The first kappa shape index (κ1) is 19.7. The molecule has 2 rings (SSSR count). The van der Waals surface area contributed by atoms with Crippen molar-refractivity contribution in [3.05, 3.63) is 24.0 Å². The Morgan fingerprint density at radius 2 is 2.04 bits per heavy atom. The summed E-state index contributed by atoms with van der Waals surface area (Å²) in [5.41, 5.74) is 0. The SMILES string of the molecule is CCN(CC)C(=O)[C@@H]1CCCN(S(=O)(=O)c2cc(F)ccc2OC)C1. The first-order chi connectivity index (χ1) is 11.8. The maximum Gasteiger partial charge on any atom is 0.246 e. The summed E-state index contributed by atoms with van der Waals surface area (Å²) in [6.07, 6.45) is 1.25. The molecule has 0 unspecified atom stereocenters. The second-order valence-corrected chi connectivity index (χ2v) is 7.91. The summed E-state index contributed by atoms with van der Waals surface area (Å²) >= 11 is 0. The molecule has 1 atom stereocenters. The number of sulfonamides is 1. The minimum Gasteiger partial charge on any atom is -0.495 e. The molecule has 1 heterocycles. The Balaban J connectivity index is 2.28. The first-order valence-electron chi connectivity index (χ1n) is 8.47. The molecule has 1 aliphatic rings. The van der Waals surface area contributed by atoms with Gasteiger partial charge >= 0.3 is 0 Å². The van der Waals surface area contributed by atoms with Gasteiger partial charge in [-0.3, -0.25) is 4.79 Å². The van der Waals surface area contributed by atoms with Crippen LogP contribution in [-0.4, -0.2) is 56.8 Å². The van der Waals surface area contributed by atoms with Gasteiger partial charge in [-0.05, 0) is 44.9 Å². The van der Waals surface area contributed by atoms with Crippen molar-refractivity contribution in [3.8, 4) is 5.75 Å². The van der Waals surface area contributed by atoms with Crippen molar-refractivity contribution < 1.29 is 22.3 Å². The number of hydrogen-bond donors (Lipinski definition) is 0. The van der Waals surface area contributed by atoms with Gasteiger partial charge in [0.2, 0.25) is 15.9 Å². The Labute approximate surface area is 148 Å². The molecule has 0 aromatic heterocycles. The maximum atomic E-state index is 13.6. The molecule has 0 radical (unpaired) electrons. The van der Waals surface area contributed by atoms with Crippen LogP contribution in [0, 0.1) is 11.7 Å². The average molecular weight is 372 g/mol. The van der Waals surface area contributed by atoms with E-state index in [0.717, 1.165) is 12.1 Å².